The first-order chi connectivity index (χ1) is 10.1. The summed E-state index contributed by atoms with van der Waals surface area (Å²) in [4.78, 5) is 12.8. The number of thiocarbonyl (C=S) groups is 1. The number of carbonyl (C=O) groups excluding carboxylic acids is 1. The molecule has 1 saturated carbocycles. The second-order valence-corrected chi connectivity index (χ2v) is 6.89. The van der Waals surface area contributed by atoms with Gasteiger partial charge < -0.3 is 15.8 Å². The number of hydrogen-bond acceptors (Lipinski definition) is 3. The van der Waals surface area contributed by atoms with Crippen LogP contribution in [0.2, 0.25) is 0 Å². The van der Waals surface area contributed by atoms with Gasteiger partial charge in [-0.15, -0.1) is 0 Å². The summed E-state index contributed by atoms with van der Waals surface area (Å²) >= 11 is 5.29. The molecule has 1 unspecified atom stereocenters. The molecular formula is C16H28N2O2S. The molecule has 1 atom stereocenters. The molecule has 4 nitrogen and oxygen atoms in total. The molecule has 1 saturated heterocycles. The van der Waals surface area contributed by atoms with Gasteiger partial charge in [-0.05, 0) is 32.1 Å². The van der Waals surface area contributed by atoms with Crippen molar-refractivity contribution in [3.05, 3.63) is 0 Å². The normalized spacial score (nSPS) is 26.4. The van der Waals surface area contributed by atoms with Gasteiger partial charge in [0.2, 0.25) is 5.91 Å². The second-order valence-electron chi connectivity index (χ2n) is 6.46. The minimum Gasteiger partial charge on any atom is -0.391 e. The van der Waals surface area contributed by atoms with Crippen LogP contribution in [0.15, 0.2) is 0 Å². The molecule has 0 radical (unpaired) electrons. The number of ether oxygens (including phenoxy) is 1. The molecule has 5 heteroatoms. The second kappa shape index (κ2) is 8.08. The van der Waals surface area contributed by atoms with Crippen LogP contribution in [0.25, 0.3) is 0 Å². The quantitative estimate of drug-likeness (QED) is 0.784. The van der Waals surface area contributed by atoms with Crippen LogP contribution in [0.5, 0.6) is 0 Å². The van der Waals surface area contributed by atoms with Crippen molar-refractivity contribution in [1.82, 2.24) is 5.32 Å². The van der Waals surface area contributed by atoms with Crippen molar-refractivity contribution in [2.24, 2.45) is 5.73 Å². The Bertz CT molecular complexity index is 359. The lowest BCUT2D eigenvalue weighted by atomic mass is 9.83. The molecule has 1 aliphatic heterocycles. The molecule has 2 fully saturated rings. The lowest BCUT2D eigenvalue weighted by Crippen LogP contribution is -2.57. The lowest BCUT2D eigenvalue weighted by molar-refractivity contribution is -0.126. The molecule has 3 N–H and O–H groups in total. The smallest absolute Gasteiger partial charge is 0.223 e. The lowest BCUT2D eigenvalue weighted by Gasteiger charge is -2.36. The molecule has 120 valence electrons. The van der Waals surface area contributed by atoms with Crippen molar-refractivity contribution in [1.29, 1.82) is 0 Å². The van der Waals surface area contributed by atoms with Gasteiger partial charge in [0.05, 0.1) is 23.1 Å². The zero-order chi connectivity index (χ0) is 15.1. The Morgan fingerprint density at radius 2 is 1.81 bits per heavy atom. The van der Waals surface area contributed by atoms with Gasteiger partial charge >= 0.3 is 0 Å². The van der Waals surface area contributed by atoms with Gasteiger partial charge in [-0.1, -0.05) is 44.3 Å². The summed E-state index contributed by atoms with van der Waals surface area (Å²) in [6.45, 7) is 0.776. The summed E-state index contributed by atoms with van der Waals surface area (Å²) in [5, 5.41) is 3.16. The predicted octanol–water partition coefficient (Wildman–Crippen LogP) is 2.83. The number of nitrogens with one attached hydrogen (secondary N) is 1. The van der Waals surface area contributed by atoms with Gasteiger partial charge in [0, 0.05) is 6.61 Å². The van der Waals surface area contributed by atoms with E-state index in [1.165, 1.54) is 19.3 Å². The predicted molar refractivity (Wildman–Crippen MR) is 88.2 cm³/mol. The Labute approximate surface area is 133 Å². The van der Waals surface area contributed by atoms with Crippen LogP contribution in [0, 0.1) is 0 Å². The van der Waals surface area contributed by atoms with Crippen LogP contribution in [0.3, 0.4) is 0 Å². The first kappa shape index (κ1) is 16.7. The third-order valence-electron chi connectivity index (χ3n) is 4.74. The van der Waals surface area contributed by atoms with E-state index in [2.05, 4.69) is 5.32 Å². The summed E-state index contributed by atoms with van der Waals surface area (Å²) in [5.74, 6) is 0.0373. The summed E-state index contributed by atoms with van der Waals surface area (Å²) in [7, 11) is 0. The first-order valence-electron chi connectivity index (χ1n) is 8.35. The van der Waals surface area contributed by atoms with Crippen molar-refractivity contribution < 1.29 is 9.53 Å². The Hall–Kier alpha value is -0.680. The van der Waals surface area contributed by atoms with E-state index in [1.807, 2.05) is 0 Å². The molecule has 1 amide bonds. The molecule has 0 aromatic rings. The van der Waals surface area contributed by atoms with Crippen LogP contribution >= 0.6 is 12.2 Å². The maximum Gasteiger partial charge on any atom is 0.223 e. The van der Waals surface area contributed by atoms with Crippen molar-refractivity contribution in [3.63, 3.8) is 0 Å². The zero-order valence-corrected chi connectivity index (χ0v) is 13.7. The van der Waals surface area contributed by atoms with Gasteiger partial charge in [-0.2, -0.15) is 0 Å². The van der Waals surface area contributed by atoms with E-state index in [0.29, 0.717) is 11.4 Å². The number of amides is 1. The van der Waals surface area contributed by atoms with Crippen molar-refractivity contribution in [3.8, 4) is 0 Å². The highest BCUT2D eigenvalue weighted by Crippen LogP contribution is 2.27. The highest BCUT2D eigenvalue weighted by Gasteiger charge is 2.35. The molecule has 2 rings (SSSR count). The molecule has 1 aliphatic carbocycles. The van der Waals surface area contributed by atoms with E-state index in [1.54, 1.807) is 0 Å². The summed E-state index contributed by atoms with van der Waals surface area (Å²) < 4.78 is 5.65. The Balaban J connectivity index is 1.93. The monoisotopic (exact) mass is 312 g/mol. The van der Waals surface area contributed by atoms with E-state index in [-0.39, 0.29) is 12.0 Å². The molecule has 21 heavy (non-hydrogen) atoms. The highest BCUT2D eigenvalue weighted by atomic mass is 32.1. The fourth-order valence-corrected chi connectivity index (χ4v) is 3.69. The maximum absolute atomic E-state index is 12.4. The van der Waals surface area contributed by atoms with Gasteiger partial charge in [0.25, 0.3) is 0 Å². The number of nitrogens with two attached hydrogens (primary N) is 1. The fraction of sp³-hybridized carbons (Fsp3) is 0.875. The molecule has 0 aromatic heterocycles. The molecule has 1 heterocycles. The largest absolute Gasteiger partial charge is 0.391 e. The molecule has 0 aromatic carbocycles. The van der Waals surface area contributed by atoms with Crippen LogP contribution in [0.4, 0.5) is 0 Å². The maximum atomic E-state index is 12.4. The number of rotatable bonds is 4. The highest BCUT2D eigenvalue weighted by molar-refractivity contribution is 7.80. The average molecular weight is 312 g/mol. The molecular weight excluding hydrogens is 284 g/mol. The summed E-state index contributed by atoms with van der Waals surface area (Å²) in [6, 6.07) is 0. The third kappa shape index (κ3) is 4.92. The van der Waals surface area contributed by atoms with E-state index in [4.69, 9.17) is 22.7 Å². The minimum absolute atomic E-state index is 0.0373. The van der Waals surface area contributed by atoms with Crippen LogP contribution in [-0.2, 0) is 9.53 Å². The number of carbonyl (C=O) groups is 1. The minimum atomic E-state index is -0.471. The van der Waals surface area contributed by atoms with Crippen molar-refractivity contribution in [2.45, 2.75) is 82.3 Å². The van der Waals surface area contributed by atoms with Gasteiger partial charge in [0.15, 0.2) is 0 Å². The van der Waals surface area contributed by atoms with E-state index in [0.717, 1.165) is 51.6 Å². The Morgan fingerprint density at radius 1 is 1.14 bits per heavy atom. The Kier molecular flexibility index (Phi) is 6.42. The summed E-state index contributed by atoms with van der Waals surface area (Å²) in [6.07, 6.45) is 11.3. The SMILES string of the molecule is NC(=S)C1(NC(=O)CC2CCCCO2)CCCCCCC1. The Morgan fingerprint density at radius 3 is 2.38 bits per heavy atom. The molecule has 0 bridgehead atoms. The summed E-state index contributed by atoms with van der Waals surface area (Å²) in [5.41, 5.74) is 5.52. The standard InChI is InChI=1S/C16H28N2O2S/c17-15(21)16(9-5-2-1-3-6-10-16)18-14(19)12-13-8-4-7-11-20-13/h13H,1-12H2,(H2,17,21)(H,18,19). The van der Waals surface area contributed by atoms with Crippen LogP contribution in [0.1, 0.15) is 70.6 Å². The van der Waals surface area contributed by atoms with E-state index in [9.17, 15) is 4.79 Å². The van der Waals surface area contributed by atoms with Gasteiger partial charge in [-0.3, -0.25) is 4.79 Å². The number of hydrogen-bond donors (Lipinski definition) is 2. The van der Waals surface area contributed by atoms with Crippen molar-refractivity contribution >= 4 is 23.1 Å². The molecule has 0 spiro atoms. The molecule has 2 aliphatic rings. The van der Waals surface area contributed by atoms with Crippen LogP contribution in [-0.4, -0.2) is 29.1 Å². The van der Waals surface area contributed by atoms with E-state index >= 15 is 0 Å². The zero-order valence-electron chi connectivity index (χ0n) is 12.9. The van der Waals surface area contributed by atoms with Gasteiger partial charge in [-0.25, -0.2) is 0 Å². The third-order valence-corrected chi connectivity index (χ3v) is 5.14. The first-order valence-corrected chi connectivity index (χ1v) is 8.76. The topological polar surface area (TPSA) is 64.3 Å². The van der Waals surface area contributed by atoms with Crippen LogP contribution < -0.4 is 11.1 Å². The van der Waals surface area contributed by atoms with Crippen molar-refractivity contribution in [2.75, 3.05) is 6.61 Å². The van der Waals surface area contributed by atoms with E-state index < -0.39 is 5.54 Å². The average Bonchev–Trinajstić information content (AvgIpc) is 2.42. The van der Waals surface area contributed by atoms with Gasteiger partial charge in [0.1, 0.15) is 0 Å². The fourth-order valence-electron chi connectivity index (χ4n) is 3.43.